The maximum absolute atomic E-state index is 13.9. The van der Waals surface area contributed by atoms with Gasteiger partial charge in [0.2, 0.25) is 10.0 Å². The minimum atomic E-state index is -3.72. The van der Waals surface area contributed by atoms with Crippen LogP contribution < -0.4 is 5.32 Å². The third-order valence-corrected chi connectivity index (χ3v) is 6.32. The zero-order chi connectivity index (χ0) is 20.2. The van der Waals surface area contributed by atoms with Gasteiger partial charge >= 0.3 is 6.09 Å². The van der Waals surface area contributed by atoms with Crippen LogP contribution in [0, 0.1) is 11.7 Å². The van der Waals surface area contributed by atoms with Crippen LogP contribution in [0.3, 0.4) is 0 Å². The zero-order valence-electron chi connectivity index (χ0n) is 15.8. The Morgan fingerprint density at radius 1 is 1.41 bits per heavy atom. The number of ether oxygens (including phenoxy) is 1. The Morgan fingerprint density at radius 2 is 2.11 bits per heavy atom. The highest BCUT2D eigenvalue weighted by atomic mass is 35.5. The van der Waals surface area contributed by atoms with E-state index in [1.165, 1.54) is 22.5 Å². The second kappa shape index (κ2) is 8.75. The van der Waals surface area contributed by atoms with Gasteiger partial charge in [0.05, 0.1) is 5.75 Å². The van der Waals surface area contributed by atoms with Gasteiger partial charge in [0.1, 0.15) is 11.4 Å². The average molecular weight is 421 g/mol. The van der Waals surface area contributed by atoms with E-state index in [0.29, 0.717) is 19.5 Å². The molecule has 1 atom stereocenters. The first kappa shape index (κ1) is 21.9. The Balaban J connectivity index is 1.97. The van der Waals surface area contributed by atoms with Gasteiger partial charge in [0.15, 0.2) is 0 Å². The smallest absolute Gasteiger partial charge is 0.407 e. The van der Waals surface area contributed by atoms with Crippen molar-refractivity contribution in [1.82, 2.24) is 9.62 Å². The SMILES string of the molecule is CC(C)(C)OC(=O)NC[C@@H]1CCCN(S(=O)(=O)Cc2c(F)cccc2Cl)C1. The molecule has 0 saturated carbocycles. The van der Waals surface area contributed by atoms with E-state index < -0.39 is 33.3 Å². The van der Waals surface area contributed by atoms with Crippen LogP contribution in [-0.2, 0) is 20.5 Å². The standard InChI is InChI=1S/C18H26ClFN2O4S/c1-18(2,3)26-17(23)21-10-13-6-5-9-22(11-13)27(24,25)12-14-15(19)7-4-8-16(14)20/h4,7-8,13H,5-6,9-12H2,1-3H3,(H,21,23)/t13-/m0/s1. The lowest BCUT2D eigenvalue weighted by molar-refractivity contribution is 0.0513. The lowest BCUT2D eigenvalue weighted by atomic mass is 10.00. The molecular formula is C18H26ClFN2O4S. The minimum absolute atomic E-state index is 0.0202. The van der Waals surface area contributed by atoms with Crippen molar-refractivity contribution < 1.29 is 22.3 Å². The summed E-state index contributed by atoms with van der Waals surface area (Å²) in [6.07, 6.45) is 0.938. The highest BCUT2D eigenvalue weighted by Crippen LogP contribution is 2.25. The number of alkyl carbamates (subject to hydrolysis) is 1. The monoisotopic (exact) mass is 420 g/mol. The van der Waals surface area contributed by atoms with Crippen molar-refractivity contribution in [3.63, 3.8) is 0 Å². The van der Waals surface area contributed by atoms with Crippen molar-refractivity contribution in [2.45, 2.75) is 45.0 Å². The molecule has 0 aromatic heterocycles. The van der Waals surface area contributed by atoms with Crippen LogP contribution >= 0.6 is 11.6 Å². The Labute approximate surface area is 165 Å². The summed E-state index contributed by atoms with van der Waals surface area (Å²) in [6, 6.07) is 4.10. The van der Waals surface area contributed by atoms with E-state index in [1.54, 1.807) is 20.8 Å². The first-order valence-corrected chi connectivity index (χ1v) is 10.8. The second-order valence-corrected chi connectivity index (χ2v) is 10.1. The van der Waals surface area contributed by atoms with Gasteiger partial charge in [0, 0.05) is 30.2 Å². The van der Waals surface area contributed by atoms with Crippen LogP contribution in [0.5, 0.6) is 0 Å². The van der Waals surface area contributed by atoms with Crippen LogP contribution in [0.4, 0.5) is 9.18 Å². The Bertz CT molecular complexity index is 760. The number of halogens is 2. The molecule has 1 aliphatic heterocycles. The van der Waals surface area contributed by atoms with Gasteiger partial charge in [0.25, 0.3) is 0 Å². The predicted octanol–water partition coefficient (Wildman–Crippen LogP) is 3.55. The van der Waals surface area contributed by atoms with E-state index in [1.807, 2.05) is 0 Å². The Hall–Kier alpha value is -1.38. The fraction of sp³-hybridized carbons (Fsp3) is 0.611. The largest absolute Gasteiger partial charge is 0.444 e. The van der Waals surface area contributed by atoms with Crippen LogP contribution in [0.1, 0.15) is 39.2 Å². The number of rotatable bonds is 5. The minimum Gasteiger partial charge on any atom is -0.444 e. The van der Waals surface area contributed by atoms with Gasteiger partial charge < -0.3 is 10.1 Å². The summed E-state index contributed by atoms with van der Waals surface area (Å²) in [7, 11) is -3.72. The highest BCUT2D eigenvalue weighted by Gasteiger charge is 2.30. The van der Waals surface area contributed by atoms with E-state index >= 15 is 0 Å². The maximum atomic E-state index is 13.9. The fourth-order valence-corrected chi connectivity index (χ4v) is 4.93. The summed E-state index contributed by atoms with van der Waals surface area (Å²) in [6.45, 7) is 6.28. The number of nitrogens with one attached hydrogen (secondary N) is 1. The van der Waals surface area contributed by atoms with Gasteiger partial charge in [-0.05, 0) is 51.7 Å². The molecule has 9 heteroatoms. The molecule has 0 radical (unpaired) electrons. The lowest BCUT2D eigenvalue weighted by Crippen LogP contribution is -2.44. The molecule has 27 heavy (non-hydrogen) atoms. The molecular weight excluding hydrogens is 395 g/mol. The molecule has 0 bridgehead atoms. The summed E-state index contributed by atoms with van der Waals surface area (Å²) < 4.78 is 45.9. The lowest BCUT2D eigenvalue weighted by Gasteiger charge is -2.32. The molecule has 152 valence electrons. The van der Waals surface area contributed by atoms with Crippen molar-refractivity contribution in [2.24, 2.45) is 5.92 Å². The van der Waals surface area contributed by atoms with Gasteiger partial charge in [-0.1, -0.05) is 17.7 Å². The first-order valence-electron chi connectivity index (χ1n) is 8.85. The maximum Gasteiger partial charge on any atom is 0.407 e. The second-order valence-electron chi connectivity index (χ2n) is 7.71. The first-order chi connectivity index (χ1) is 12.5. The molecule has 1 aromatic carbocycles. The zero-order valence-corrected chi connectivity index (χ0v) is 17.4. The number of sulfonamides is 1. The summed E-state index contributed by atoms with van der Waals surface area (Å²) in [5.74, 6) is -1.14. The summed E-state index contributed by atoms with van der Waals surface area (Å²) >= 11 is 5.96. The van der Waals surface area contributed by atoms with E-state index in [4.69, 9.17) is 16.3 Å². The summed E-state index contributed by atoms with van der Waals surface area (Å²) in [5, 5.41) is 2.78. The topological polar surface area (TPSA) is 75.7 Å². The Morgan fingerprint density at radius 3 is 2.74 bits per heavy atom. The van der Waals surface area contributed by atoms with Crippen molar-refractivity contribution in [3.8, 4) is 0 Å². The summed E-state index contributed by atoms with van der Waals surface area (Å²) in [5.41, 5.74) is -0.612. The number of piperidine rings is 1. The molecule has 1 saturated heterocycles. The van der Waals surface area contributed by atoms with Crippen molar-refractivity contribution in [2.75, 3.05) is 19.6 Å². The average Bonchev–Trinajstić information content (AvgIpc) is 2.55. The predicted molar refractivity (Wildman–Crippen MR) is 103 cm³/mol. The quantitative estimate of drug-likeness (QED) is 0.790. The van der Waals surface area contributed by atoms with Gasteiger partial charge in [-0.3, -0.25) is 0 Å². The van der Waals surface area contributed by atoms with Crippen LogP contribution in [-0.4, -0.2) is 44.1 Å². The Kier molecular flexibility index (Phi) is 7.10. The number of amides is 1. The molecule has 1 aliphatic rings. The molecule has 2 rings (SSSR count). The van der Waals surface area contributed by atoms with E-state index in [2.05, 4.69) is 5.32 Å². The van der Waals surface area contributed by atoms with Crippen LogP contribution in [0.15, 0.2) is 18.2 Å². The molecule has 1 N–H and O–H groups in total. The van der Waals surface area contributed by atoms with E-state index in [-0.39, 0.29) is 23.0 Å². The van der Waals surface area contributed by atoms with Gasteiger partial charge in [-0.15, -0.1) is 0 Å². The fourth-order valence-electron chi connectivity index (χ4n) is 2.93. The molecule has 6 nitrogen and oxygen atoms in total. The summed E-state index contributed by atoms with van der Waals surface area (Å²) in [4.78, 5) is 11.8. The van der Waals surface area contributed by atoms with Crippen molar-refractivity contribution in [3.05, 3.63) is 34.6 Å². The highest BCUT2D eigenvalue weighted by molar-refractivity contribution is 7.88. The number of nitrogens with zero attached hydrogens (tertiary/aromatic N) is 1. The molecule has 0 unspecified atom stereocenters. The third-order valence-electron chi connectivity index (χ3n) is 4.20. The molecule has 0 spiro atoms. The number of carbonyl (C=O) groups excluding carboxylic acids is 1. The molecule has 1 heterocycles. The molecule has 1 fully saturated rings. The molecule has 1 aromatic rings. The van der Waals surface area contributed by atoms with Crippen molar-refractivity contribution >= 4 is 27.7 Å². The normalized spacial score (nSPS) is 18.9. The van der Waals surface area contributed by atoms with E-state index in [9.17, 15) is 17.6 Å². The van der Waals surface area contributed by atoms with Crippen LogP contribution in [0.25, 0.3) is 0 Å². The number of hydrogen-bond acceptors (Lipinski definition) is 4. The molecule has 0 aliphatic carbocycles. The van der Waals surface area contributed by atoms with E-state index in [0.717, 1.165) is 6.42 Å². The van der Waals surface area contributed by atoms with Gasteiger partial charge in [-0.2, -0.15) is 0 Å². The number of carbonyl (C=O) groups is 1. The van der Waals surface area contributed by atoms with Crippen molar-refractivity contribution in [1.29, 1.82) is 0 Å². The molecule has 1 amide bonds. The van der Waals surface area contributed by atoms with Crippen LogP contribution in [0.2, 0.25) is 5.02 Å². The number of hydrogen-bond donors (Lipinski definition) is 1. The third kappa shape index (κ3) is 6.62. The van der Waals surface area contributed by atoms with Gasteiger partial charge in [-0.25, -0.2) is 21.9 Å². The number of benzene rings is 1.